The van der Waals surface area contributed by atoms with Gasteiger partial charge in [-0.15, -0.1) is 0 Å². The highest BCUT2D eigenvalue weighted by molar-refractivity contribution is 7.99. The zero-order valence-electron chi connectivity index (χ0n) is 7.51. The van der Waals surface area contributed by atoms with Crippen LogP contribution in [-0.4, -0.2) is 11.0 Å². The van der Waals surface area contributed by atoms with Crippen molar-refractivity contribution in [1.29, 1.82) is 0 Å². The lowest BCUT2D eigenvalue weighted by Gasteiger charge is -2.12. The van der Waals surface area contributed by atoms with Crippen molar-refractivity contribution in [3.63, 3.8) is 0 Å². The molecule has 0 spiro atoms. The van der Waals surface area contributed by atoms with Gasteiger partial charge in [0, 0.05) is 11.0 Å². The van der Waals surface area contributed by atoms with Crippen LogP contribution in [0.3, 0.4) is 0 Å². The molecule has 0 saturated carbocycles. The Balaban J connectivity index is 3.54. The standard InChI is InChI=1S/C8H17NS/c1-7(2)6-9-10-8(3,4)5/h6-7H,1-5H3/b9-6-. The molecule has 10 heavy (non-hydrogen) atoms. The van der Waals surface area contributed by atoms with E-state index in [0.29, 0.717) is 5.92 Å². The third-order valence-corrected chi connectivity index (χ3v) is 1.46. The fourth-order valence-electron chi connectivity index (χ4n) is 0.310. The van der Waals surface area contributed by atoms with E-state index in [9.17, 15) is 0 Å². The number of rotatable bonds is 2. The van der Waals surface area contributed by atoms with Crippen molar-refractivity contribution in [3.8, 4) is 0 Å². The number of nitrogens with zero attached hydrogens (tertiary/aromatic N) is 1. The van der Waals surface area contributed by atoms with E-state index in [1.54, 1.807) is 11.9 Å². The lowest BCUT2D eigenvalue weighted by Crippen LogP contribution is -2.05. The van der Waals surface area contributed by atoms with Gasteiger partial charge in [0.05, 0.1) is 0 Å². The third kappa shape index (κ3) is 8.02. The van der Waals surface area contributed by atoms with Gasteiger partial charge in [0.2, 0.25) is 0 Å². The fraction of sp³-hybridized carbons (Fsp3) is 0.875. The molecule has 0 radical (unpaired) electrons. The first-order valence-electron chi connectivity index (χ1n) is 3.63. The van der Waals surface area contributed by atoms with Crippen LogP contribution in [0, 0.1) is 5.92 Å². The first-order chi connectivity index (χ1) is 4.42. The molecule has 0 aromatic heterocycles. The van der Waals surface area contributed by atoms with Crippen LogP contribution in [0.15, 0.2) is 4.40 Å². The molecule has 0 fully saturated rings. The van der Waals surface area contributed by atoms with Gasteiger partial charge in [-0.1, -0.05) is 13.8 Å². The predicted octanol–water partition coefficient (Wildman–Crippen LogP) is 3.16. The molecule has 0 heterocycles. The number of hydrogen-bond donors (Lipinski definition) is 0. The van der Waals surface area contributed by atoms with Crippen molar-refractivity contribution in [3.05, 3.63) is 0 Å². The van der Waals surface area contributed by atoms with Gasteiger partial charge in [-0.05, 0) is 38.6 Å². The molecule has 1 nitrogen and oxygen atoms in total. The number of hydrogen-bond acceptors (Lipinski definition) is 2. The summed E-state index contributed by atoms with van der Waals surface area (Å²) in [5, 5.41) is 0. The summed E-state index contributed by atoms with van der Waals surface area (Å²) in [6, 6.07) is 0. The summed E-state index contributed by atoms with van der Waals surface area (Å²) in [5.41, 5.74) is 0. The van der Waals surface area contributed by atoms with Gasteiger partial charge in [0.25, 0.3) is 0 Å². The second-order valence-corrected chi connectivity index (χ2v) is 5.32. The maximum Gasteiger partial charge on any atom is 0.0294 e. The maximum atomic E-state index is 4.23. The molecular formula is C8H17NS. The monoisotopic (exact) mass is 159 g/mol. The van der Waals surface area contributed by atoms with E-state index in [2.05, 4.69) is 39.0 Å². The molecule has 0 unspecified atom stereocenters. The zero-order valence-corrected chi connectivity index (χ0v) is 8.33. The smallest absolute Gasteiger partial charge is 0.0294 e. The third-order valence-electron chi connectivity index (χ3n) is 0.686. The van der Waals surface area contributed by atoms with Crippen LogP contribution in [-0.2, 0) is 0 Å². The topological polar surface area (TPSA) is 12.4 Å². The van der Waals surface area contributed by atoms with Crippen molar-refractivity contribution in [1.82, 2.24) is 0 Å². The summed E-state index contributed by atoms with van der Waals surface area (Å²) >= 11 is 1.63. The summed E-state index contributed by atoms with van der Waals surface area (Å²) in [7, 11) is 0. The summed E-state index contributed by atoms with van der Waals surface area (Å²) < 4.78 is 4.49. The highest BCUT2D eigenvalue weighted by Gasteiger charge is 2.08. The van der Waals surface area contributed by atoms with Crippen LogP contribution >= 0.6 is 11.9 Å². The Labute approximate surface area is 68.4 Å². The van der Waals surface area contributed by atoms with Crippen molar-refractivity contribution < 1.29 is 0 Å². The second kappa shape index (κ2) is 4.02. The Hall–Kier alpha value is 0.0200. The quantitative estimate of drug-likeness (QED) is 0.445. The molecule has 0 saturated heterocycles. The SMILES string of the molecule is CC(C)/C=N\SC(C)(C)C. The van der Waals surface area contributed by atoms with Gasteiger partial charge in [-0.25, -0.2) is 4.40 Å². The van der Waals surface area contributed by atoms with E-state index in [1.165, 1.54) is 0 Å². The van der Waals surface area contributed by atoms with Crippen LogP contribution in [0.2, 0.25) is 0 Å². The van der Waals surface area contributed by atoms with Crippen molar-refractivity contribution >= 4 is 18.2 Å². The van der Waals surface area contributed by atoms with E-state index in [1.807, 2.05) is 6.21 Å². The molecule has 60 valence electrons. The predicted molar refractivity (Wildman–Crippen MR) is 50.7 cm³/mol. The largest absolute Gasteiger partial charge is 0.228 e. The van der Waals surface area contributed by atoms with E-state index in [4.69, 9.17) is 0 Å². The minimum Gasteiger partial charge on any atom is -0.228 e. The second-order valence-electron chi connectivity index (χ2n) is 3.70. The average Bonchev–Trinajstić information content (AvgIpc) is 1.59. The summed E-state index contributed by atoms with van der Waals surface area (Å²) in [5.74, 6) is 0.565. The molecule has 0 atom stereocenters. The Bertz CT molecular complexity index is 111. The van der Waals surface area contributed by atoms with Gasteiger partial charge in [-0.3, -0.25) is 0 Å². The molecule has 0 aliphatic rings. The van der Waals surface area contributed by atoms with Crippen LogP contribution in [0.4, 0.5) is 0 Å². The lowest BCUT2D eigenvalue weighted by molar-refractivity contribution is 0.803. The fourth-order valence-corrected chi connectivity index (χ4v) is 0.931. The molecule has 0 amide bonds. The van der Waals surface area contributed by atoms with Crippen LogP contribution in [0.1, 0.15) is 34.6 Å². The van der Waals surface area contributed by atoms with Crippen LogP contribution in [0.25, 0.3) is 0 Å². The van der Waals surface area contributed by atoms with Gasteiger partial charge in [-0.2, -0.15) is 0 Å². The first-order valence-corrected chi connectivity index (χ1v) is 4.41. The molecule has 0 aliphatic carbocycles. The Morgan fingerprint density at radius 1 is 1.30 bits per heavy atom. The average molecular weight is 159 g/mol. The van der Waals surface area contributed by atoms with E-state index < -0.39 is 0 Å². The maximum absolute atomic E-state index is 4.23. The zero-order chi connectivity index (χ0) is 8.20. The molecule has 0 bridgehead atoms. The molecule has 0 rings (SSSR count). The highest BCUT2D eigenvalue weighted by atomic mass is 32.2. The van der Waals surface area contributed by atoms with Crippen molar-refractivity contribution in [2.24, 2.45) is 10.3 Å². The Morgan fingerprint density at radius 2 is 1.80 bits per heavy atom. The normalized spacial score (nSPS) is 13.4. The molecule has 0 aromatic carbocycles. The summed E-state index contributed by atoms with van der Waals surface area (Å²) in [6.07, 6.45) is 1.98. The molecule has 0 N–H and O–H groups in total. The van der Waals surface area contributed by atoms with Gasteiger partial charge in [0.15, 0.2) is 0 Å². The Morgan fingerprint density at radius 3 is 2.10 bits per heavy atom. The molecule has 0 aromatic rings. The first kappa shape index (κ1) is 10.0. The minimum absolute atomic E-state index is 0.255. The molecular weight excluding hydrogens is 142 g/mol. The highest BCUT2D eigenvalue weighted by Crippen LogP contribution is 2.23. The van der Waals surface area contributed by atoms with E-state index in [0.717, 1.165) is 0 Å². The van der Waals surface area contributed by atoms with Crippen molar-refractivity contribution in [2.45, 2.75) is 39.4 Å². The van der Waals surface area contributed by atoms with Crippen LogP contribution in [0.5, 0.6) is 0 Å². The van der Waals surface area contributed by atoms with Gasteiger partial charge >= 0.3 is 0 Å². The molecule has 2 heteroatoms. The van der Waals surface area contributed by atoms with Crippen LogP contribution < -0.4 is 0 Å². The summed E-state index contributed by atoms with van der Waals surface area (Å²) in [6.45, 7) is 10.7. The lowest BCUT2D eigenvalue weighted by atomic mass is 10.3. The van der Waals surface area contributed by atoms with E-state index >= 15 is 0 Å². The van der Waals surface area contributed by atoms with Gasteiger partial charge in [0.1, 0.15) is 0 Å². The summed E-state index contributed by atoms with van der Waals surface area (Å²) in [4.78, 5) is 0. The Kier molecular flexibility index (Phi) is 4.02. The molecule has 0 aliphatic heterocycles. The van der Waals surface area contributed by atoms with E-state index in [-0.39, 0.29) is 4.75 Å². The van der Waals surface area contributed by atoms with Crippen molar-refractivity contribution in [2.75, 3.05) is 0 Å². The van der Waals surface area contributed by atoms with Gasteiger partial charge < -0.3 is 0 Å². The minimum atomic E-state index is 0.255.